The summed E-state index contributed by atoms with van der Waals surface area (Å²) in [6.07, 6.45) is 1.55. The normalized spacial score (nSPS) is 11.7. The first-order valence-electron chi connectivity index (χ1n) is 5.19. The Morgan fingerprint density at radius 3 is 2.67 bits per heavy atom. The minimum absolute atomic E-state index is 0.00421. The monoisotopic (exact) mass is 269 g/mol. The van der Waals surface area contributed by atoms with Crippen molar-refractivity contribution in [3.05, 3.63) is 35.9 Å². The van der Waals surface area contributed by atoms with Gasteiger partial charge in [0.25, 0.3) is 0 Å². The van der Waals surface area contributed by atoms with Crippen LogP contribution >= 0.6 is 0 Å². The molecule has 0 saturated heterocycles. The van der Waals surface area contributed by atoms with Gasteiger partial charge < -0.3 is 4.98 Å². The summed E-state index contributed by atoms with van der Waals surface area (Å²) in [4.78, 5) is 6.84. The topological polar surface area (TPSA) is 74.8 Å². The lowest BCUT2D eigenvalue weighted by molar-refractivity contribution is 0.587. The van der Waals surface area contributed by atoms with Crippen LogP contribution in [0.2, 0.25) is 0 Å². The molecule has 0 aliphatic rings. The van der Waals surface area contributed by atoms with E-state index in [-0.39, 0.29) is 10.5 Å². The first-order valence-corrected chi connectivity index (χ1v) is 6.67. The van der Waals surface area contributed by atoms with E-state index in [4.69, 9.17) is 0 Å². The molecule has 1 aromatic heterocycles. The molecule has 0 fully saturated rings. The number of halogens is 1. The molecule has 0 amide bonds. The number of aromatic amines is 1. The Bertz CT molecular complexity index is 679. The Balaban J connectivity index is 2.59. The number of rotatable bonds is 3. The first-order chi connectivity index (χ1) is 8.44. The fraction of sp³-hybridized carbons (Fsp3) is 0.182. The maximum absolute atomic E-state index is 13.7. The highest BCUT2D eigenvalue weighted by Crippen LogP contribution is 2.23. The number of H-pyrrole nitrogens is 1. The van der Waals surface area contributed by atoms with Gasteiger partial charge in [-0.2, -0.15) is 0 Å². The Labute approximate surface area is 104 Å². The average molecular weight is 269 g/mol. The second-order valence-electron chi connectivity index (χ2n) is 3.76. The van der Waals surface area contributed by atoms with Crippen LogP contribution in [-0.4, -0.2) is 25.4 Å². The lowest BCUT2D eigenvalue weighted by Gasteiger charge is -2.05. The van der Waals surface area contributed by atoms with Crippen LogP contribution in [0.3, 0.4) is 0 Å². The van der Waals surface area contributed by atoms with Crippen molar-refractivity contribution in [2.75, 3.05) is 7.05 Å². The lowest BCUT2D eigenvalue weighted by Crippen LogP contribution is -2.18. The van der Waals surface area contributed by atoms with Gasteiger partial charge in [-0.15, -0.1) is 0 Å². The summed E-state index contributed by atoms with van der Waals surface area (Å²) >= 11 is 0. The van der Waals surface area contributed by atoms with Gasteiger partial charge in [0.15, 0.2) is 0 Å². The number of sulfonamides is 1. The van der Waals surface area contributed by atoms with E-state index in [2.05, 4.69) is 14.7 Å². The first kappa shape index (κ1) is 12.7. The predicted molar refractivity (Wildman–Crippen MR) is 65.0 cm³/mol. The largest absolute Gasteiger partial charge is 0.342 e. The summed E-state index contributed by atoms with van der Waals surface area (Å²) in [6, 6.07) is 3.57. The fourth-order valence-corrected chi connectivity index (χ4v) is 2.28. The molecule has 2 N–H and O–H groups in total. The zero-order valence-electron chi connectivity index (χ0n) is 9.86. The number of nitrogens with zero attached hydrogens (tertiary/aromatic N) is 1. The standard InChI is InChI=1S/C11H12FN3O2S/c1-7-6-14-11(15-7)9-5-8(3-4-10(9)12)18(16,17)13-2/h3-6,13H,1-2H3,(H,14,15). The molecule has 7 heteroatoms. The second kappa shape index (κ2) is 4.51. The van der Waals surface area contributed by atoms with Gasteiger partial charge in [-0.25, -0.2) is 22.5 Å². The molecule has 18 heavy (non-hydrogen) atoms. The van der Waals surface area contributed by atoms with E-state index in [0.29, 0.717) is 5.82 Å². The zero-order valence-corrected chi connectivity index (χ0v) is 10.7. The molecule has 0 atom stereocenters. The van der Waals surface area contributed by atoms with Gasteiger partial charge in [0.2, 0.25) is 10.0 Å². The van der Waals surface area contributed by atoms with Crippen molar-refractivity contribution in [3.8, 4) is 11.4 Å². The number of imidazole rings is 1. The maximum Gasteiger partial charge on any atom is 0.240 e. The molecule has 0 bridgehead atoms. The molecular weight excluding hydrogens is 257 g/mol. The van der Waals surface area contributed by atoms with Crippen LogP contribution in [0.15, 0.2) is 29.3 Å². The number of aryl methyl sites for hydroxylation is 1. The van der Waals surface area contributed by atoms with E-state index in [1.807, 2.05) is 0 Å². The Morgan fingerprint density at radius 2 is 2.11 bits per heavy atom. The third-order valence-corrected chi connectivity index (χ3v) is 3.89. The maximum atomic E-state index is 13.7. The molecule has 1 aromatic carbocycles. The van der Waals surface area contributed by atoms with Crippen LogP contribution in [0, 0.1) is 12.7 Å². The molecule has 2 rings (SSSR count). The summed E-state index contributed by atoms with van der Waals surface area (Å²) < 4.78 is 39.1. The van der Waals surface area contributed by atoms with Gasteiger partial charge in [-0.3, -0.25) is 0 Å². The molecule has 0 aliphatic heterocycles. The minimum atomic E-state index is -3.60. The van der Waals surface area contributed by atoms with Gasteiger partial charge in [0, 0.05) is 11.9 Å². The van der Waals surface area contributed by atoms with Crippen molar-refractivity contribution in [1.29, 1.82) is 0 Å². The number of nitrogens with one attached hydrogen (secondary N) is 2. The molecule has 0 spiro atoms. The Kier molecular flexibility index (Phi) is 3.18. The highest BCUT2D eigenvalue weighted by molar-refractivity contribution is 7.89. The molecular formula is C11H12FN3O2S. The molecule has 2 aromatic rings. The van der Waals surface area contributed by atoms with Crippen molar-refractivity contribution in [2.45, 2.75) is 11.8 Å². The lowest BCUT2D eigenvalue weighted by atomic mass is 10.2. The third kappa shape index (κ3) is 2.27. The van der Waals surface area contributed by atoms with E-state index in [1.54, 1.807) is 13.1 Å². The van der Waals surface area contributed by atoms with Crippen LogP contribution in [0.1, 0.15) is 5.69 Å². The minimum Gasteiger partial charge on any atom is -0.342 e. The van der Waals surface area contributed by atoms with Crippen molar-refractivity contribution in [2.24, 2.45) is 0 Å². The predicted octanol–water partition coefficient (Wildman–Crippen LogP) is 1.43. The quantitative estimate of drug-likeness (QED) is 0.885. The Hall–Kier alpha value is -1.73. The number of aromatic nitrogens is 2. The summed E-state index contributed by atoms with van der Waals surface area (Å²) in [7, 11) is -2.30. The van der Waals surface area contributed by atoms with Crippen LogP contribution in [0.5, 0.6) is 0 Å². The van der Waals surface area contributed by atoms with Crippen molar-refractivity contribution in [3.63, 3.8) is 0 Å². The van der Waals surface area contributed by atoms with Crippen LogP contribution < -0.4 is 4.72 Å². The van der Waals surface area contributed by atoms with Crippen LogP contribution in [-0.2, 0) is 10.0 Å². The molecule has 0 aliphatic carbocycles. The summed E-state index contributed by atoms with van der Waals surface area (Å²) in [6.45, 7) is 1.78. The highest BCUT2D eigenvalue weighted by Gasteiger charge is 2.16. The molecule has 5 nitrogen and oxygen atoms in total. The van der Waals surface area contributed by atoms with Gasteiger partial charge in [-0.1, -0.05) is 0 Å². The van der Waals surface area contributed by atoms with E-state index in [1.165, 1.54) is 19.2 Å². The number of benzene rings is 1. The van der Waals surface area contributed by atoms with Gasteiger partial charge in [-0.05, 0) is 32.2 Å². The van der Waals surface area contributed by atoms with Crippen molar-refractivity contribution < 1.29 is 12.8 Å². The molecule has 0 unspecified atom stereocenters. The van der Waals surface area contributed by atoms with E-state index < -0.39 is 15.8 Å². The smallest absolute Gasteiger partial charge is 0.240 e. The van der Waals surface area contributed by atoms with E-state index >= 15 is 0 Å². The second-order valence-corrected chi connectivity index (χ2v) is 5.65. The van der Waals surface area contributed by atoms with Crippen molar-refractivity contribution in [1.82, 2.24) is 14.7 Å². The van der Waals surface area contributed by atoms with Crippen LogP contribution in [0.25, 0.3) is 11.4 Å². The van der Waals surface area contributed by atoms with Gasteiger partial charge in [0.05, 0.1) is 10.5 Å². The van der Waals surface area contributed by atoms with E-state index in [9.17, 15) is 12.8 Å². The average Bonchev–Trinajstić information content (AvgIpc) is 2.76. The third-order valence-electron chi connectivity index (χ3n) is 2.47. The zero-order chi connectivity index (χ0) is 13.3. The molecule has 0 saturated carbocycles. The number of hydrogen-bond donors (Lipinski definition) is 2. The Morgan fingerprint density at radius 1 is 1.39 bits per heavy atom. The summed E-state index contributed by atoms with van der Waals surface area (Å²) in [5.74, 6) is -0.224. The van der Waals surface area contributed by atoms with Gasteiger partial charge in [0.1, 0.15) is 11.6 Å². The summed E-state index contributed by atoms with van der Waals surface area (Å²) in [5, 5.41) is 0. The van der Waals surface area contributed by atoms with E-state index in [0.717, 1.165) is 11.8 Å². The van der Waals surface area contributed by atoms with Crippen molar-refractivity contribution >= 4 is 10.0 Å². The fourth-order valence-electron chi connectivity index (χ4n) is 1.52. The van der Waals surface area contributed by atoms with Gasteiger partial charge >= 0.3 is 0 Å². The SMILES string of the molecule is CNS(=O)(=O)c1ccc(F)c(-c2ncc(C)[nH]2)c1. The van der Waals surface area contributed by atoms with Crippen LogP contribution in [0.4, 0.5) is 4.39 Å². The molecule has 96 valence electrons. The number of hydrogen-bond acceptors (Lipinski definition) is 3. The highest BCUT2D eigenvalue weighted by atomic mass is 32.2. The summed E-state index contributed by atoms with van der Waals surface area (Å²) in [5.41, 5.74) is 0.894. The molecule has 1 heterocycles. The molecule has 0 radical (unpaired) electrons.